The molecule has 1 rings (SSSR count). The van der Waals surface area contributed by atoms with Crippen molar-refractivity contribution >= 4 is 5.97 Å². The summed E-state index contributed by atoms with van der Waals surface area (Å²) >= 11 is 0. The van der Waals surface area contributed by atoms with Crippen LogP contribution in [0.2, 0.25) is 0 Å². The van der Waals surface area contributed by atoms with E-state index in [1.807, 2.05) is 4.90 Å². The highest BCUT2D eigenvalue weighted by atomic mass is 16.4. The molecule has 0 radical (unpaired) electrons. The summed E-state index contributed by atoms with van der Waals surface area (Å²) < 4.78 is 0. The first kappa shape index (κ1) is 9.48. The molecule has 1 aliphatic heterocycles. The largest absolute Gasteiger partial charge is 0.480 e. The van der Waals surface area contributed by atoms with Crippen LogP contribution in [0, 0.1) is 0 Å². The quantitative estimate of drug-likeness (QED) is 0.600. The number of nitrogens with zero attached hydrogens (tertiary/aromatic N) is 1. The van der Waals surface area contributed by atoms with E-state index < -0.39 is 5.97 Å². The fourth-order valence-electron chi connectivity index (χ4n) is 1.38. The summed E-state index contributed by atoms with van der Waals surface area (Å²) in [6, 6.07) is 0.445. The summed E-state index contributed by atoms with van der Waals surface area (Å²) in [4.78, 5) is 12.5. The van der Waals surface area contributed by atoms with Gasteiger partial charge in [-0.2, -0.15) is 0 Å². The van der Waals surface area contributed by atoms with Gasteiger partial charge in [-0.3, -0.25) is 9.69 Å². The van der Waals surface area contributed by atoms with Gasteiger partial charge in [0.25, 0.3) is 0 Å². The SMILES string of the molecule is CCCN(CC(=O)O)C1CNC1. The fourth-order valence-corrected chi connectivity index (χ4v) is 1.38. The minimum absolute atomic E-state index is 0.181. The van der Waals surface area contributed by atoms with Crippen LogP contribution in [0.4, 0.5) is 0 Å². The molecule has 0 unspecified atom stereocenters. The summed E-state index contributed by atoms with van der Waals surface area (Å²) in [5, 5.41) is 11.8. The molecule has 0 bridgehead atoms. The van der Waals surface area contributed by atoms with Crippen LogP contribution in [0.5, 0.6) is 0 Å². The highest BCUT2D eigenvalue weighted by molar-refractivity contribution is 5.69. The van der Waals surface area contributed by atoms with Gasteiger partial charge in [0.15, 0.2) is 0 Å². The van der Waals surface area contributed by atoms with Crippen molar-refractivity contribution in [2.75, 3.05) is 26.2 Å². The number of hydrogen-bond donors (Lipinski definition) is 2. The predicted molar refractivity (Wildman–Crippen MR) is 46.2 cm³/mol. The van der Waals surface area contributed by atoms with Crippen LogP contribution in [0.1, 0.15) is 13.3 Å². The van der Waals surface area contributed by atoms with Crippen LogP contribution in [0.3, 0.4) is 0 Å². The average molecular weight is 172 g/mol. The summed E-state index contributed by atoms with van der Waals surface area (Å²) in [7, 11) is 0. The fraction of sp³-hybridized carbons (Fsp3) is 0.875. The van der Waals surface area contributed by atoms with E-state index in [0.717, 1.165) is 26.1 Å². The van der Waals surface area contributed by atoms with Gasteiger partial charge in [0.1, 0.15) is 0 Å². The number of carbonyl (C=O) groups is 1. The molecule has 4 nitrogen and oxygen atoms in total. The maximum absolute atomic E-state index is 10.5. The standard InChI is InChI=1S/C8H16N2O2/c1-2-3-10(6-8(11)12)7-4-9-5-7/h7,9H,2-6H2,1H3,(H,11,12). The van der Waals surface area contributed by atoms with E-state index in [2.05, 4.69) is 12.2 Å². The Labute approximate surface area is 72.6 Å². The normalized spacial score (nSPS) is 17.8. The lowest BCUT2D eigenvalue weighted by Crippen LogP contribution is -2.58. The summed E-state index contributed by atoms with van der Waals surface area (Å²) in [5.41, 5.74) is 0. The highest BCUT2D eigenvalue weighted by Crippen LogP contribution is 2.04. The average Bonchev–Trinajstić information content (AvgIpc) is 1.81. The summed E-state index contributed by atoms with van der Waals surface area (Å²) in [5.74, 6) is -0.727. The first-order valence-electron chi connectivity index (χ1n) is 4.40. The van der Waals surface area contributed by atoms with Crippen LogP contribution in [-0.2, 0) is 4.79 Å². The Balaban J connectivity index is 2.31. The minimum Gasteiger partial charge on any atom is -0.480 e. The molecule has 0 aromatic rings. The Bertz CT molecular complexity index is 157. The third-order valence-electron chi connectivity index (χ3n) is 2.13. The van der Waals surface area contributed by atoms with Crippen LogP contribution in [-0.4, -0.2) is 48.2 Å². The number of aliphatic carboxylic acids is 1. The molecule has 4 heteroatoms. The molecule has 0 aliphatic carbocycles. The molecule has 2 N–H and O–H groups in total. The predicted octanol–water partition coefficient (Wildman–Crippen LogP) is -0.245. The van der Waals surface area contributed by atoms with E-state index >= 15 is 0 Å². The Morgan fingerprint density at radius 1 is 1.67 bits per heavy atom. The molecule has 1 saturated heterocycles. The van der Waals surface area contributed by atoms with Crippen LogP contribution in [0.25, 0.3) is 0 Å². The third-order valence-corrected chi connectivity index (χ3v) is 2.13. The Kier molecular flexibility index (Phi) is 3.49. The number of carboxylic acid groups (broad SMARTS) is 1. The zero-order valence-corrected chi connectivity index (χ0v) is 7.42. The first-order chi connectivity index (χ1) is 5.74. The maximum Gasteiger partial charge on any atom is 0.317 e. The van der Waals surface area contributed by atoms with Crippen molar-refractivity contribution in [3.8, 4) is 0 Å². The van der Waals surface area contributed by atoms with Crippen molar-refractivity contribution in [1.82, 2.24) is 10.2 Å². The van der Waals surface area contributed by atoms with Gasteiger partial charge in [-0.1, -0.05) is 6.92 Å². The lowest BCUT2D eigenvalue weighted by Gasteiger charge is -2.37. The Hall–Kier alpha value is -0.610. The monoisotopic (exact) mass is 172 g/mol. The van der Waals surface area contributed by atoms with E-state index in [1.54, 1.807) is 0 Å². The molecule has 1 aliphatic rings. The van der Waals surface area contributed by atoms with Gasteiger partial charge in [0.2, 0.25) is 0 Å². The zero-order valence-electron chi connectivity index (χ0n) is 7.42. The maximum atomic E-state index is 10.5. The molecule has 0 spiro atoms. The minimum atomic E-state index is -0.727. The van der Waals surface area contributed by atoms with Gasteiger partial charge in [-0.15, -0.1) is 0 Å². The number of nitrogens with one attached hydrogen (secondary N) is 1. The van der Waals surface area contributed by atoms with E-state index in [9.17, 15) is 4.79 Å². The lowest BCUT2D eigenvalue weighted by molar-refractivity contribution is -0.139. The van der Waals surface area contributed by atoms with Crippen molar-refractivity contribution in [2.45, 2.75) is 19.4 Å². The third kappa shape index (κ3) is 2.46. The Morgan fingerprint density at radius 3 is 2.67 bits per heavy atom. The second-order valence-electron chi connectivity index (χ2n) is 3.18. The lowest BCUT2D eigenvalue weighted by atomic mass is 10.1. The van der Waals surface area contributed by atoms with Crippen molar-refractivity contribution < 1.29 is 9.90 Å². The van der Waals surface area contributed by atoms with Gasteiger partial charge >= 0.3 is 5.97 Å². The molecule has 0 saturated carbocycles. The van der Waals surface area contributed by atoms with Crippen molar-refractivity contribution in [3.05, 3.63) is 0 Å². The van der Waals surface area contributed by atoms with Crippen molar-refractivity contribution in [3.63, 3.8) is 0 Å². The van der Waals surface area contributed by atoms with Crippen LogP contribution < -0.4 is 5.32 Å². The van der Waals surface area contributed by atoms with E-state index in [0.29, 0.717) is 6.04 Å². The van der Waals surface area contributed by atoms with E-state index in [4.69, 9.17) is 5.11 Å². The molecule has 0 atom stereocenters. The van der Waals surface area contributed by atoms with Gasteiger partial charge < -0.3 is 10.4 Å². The van der Waals surface area contributed by atoms with Crippen LogP contribution >= 0.6 is 0 Å². The summed E-state index contributed by atoms with van der Waals surface area (Å²) in [6.45, 7) is 5.01. The van der Waals surface area contributed by atoms with Crippen molar-refractivity contribution in [2.24, 2.45) is 0 Å². The van der Waals surface area contributed by atoms with Gasteiger partial charge in [-0.25, -0.2) is 0 Å². The molecule has 0 aromatic carbocycles. The molecule has 12 heavy (non-hydrogen) atoms. The first-order valence-corrected chi connectivity index (χ1v) is 4.40. The zero-order chi connectivity index (χ0) is 8.97. The van der Waals surface area contributed by atoms with E-state index in [-0.39, 0.29) is 6.54 Å². The second kappa shape index (κ2) is 4.42. The van der Waals surface area contributed by atoms with Gasteiger partial charge in [0.05, 0.1) is 6.54 Å². The second-order valence-corrected chi connectivity index (χ2v) is 3.18. The number of hydrogen-bond acceptors (Lipinski definition) is 3. The van der Waals surface area contributed by atoms with E-state index in [1.165, 1.54) is 0 Å². The topological polar surface area (TPSA) is 52.6 Å². The highest BCUT2D eigenvalue weighted by Gasteiger charge is 2.24. The smallest absolute Gasteiger partial charge is 0.317 e. The summed E-state index contributed by atoms with van der Waals surface area (Å²) in [6.07, 6.45) is 1.02. The number of carboxylic acids is 1. The number of rotatable bonds is 5. The van der Waals surface area contributed by atoms with Crippen LogP contribution in [0.15, 0.2) is 0 Å². The molecule has 1 heterocycles. The molecular weight excluding hydrogens is 156 g/mol. The molecule has 70 valence electrons. The van der Waals surface area contributed by atoms with Gasteiger partial charge in [0, 0.05) is 19.1 Å². The molecular formula is C8H16N2O2. The molecule has 1 fully saturated rings. The molecule has 0 aromatic heterocycles. The van der Waals surface area contributed by atoms with Crippen molar-refractivity contribution in [1.29, 1.82) is 0 Å². The Morgan fingerprint density at radius 2 is 2.33 bits per heavy atom. The van der Waals surface area contributed by atoms with Gasteiger partial charge in [-0.05, 0) is 13.0 Å². The molecule has 0 amide bonds.